The van der Waals surface area contributed by atoms with Crippen molar-refractivity contribution in [3.63, 3.8) is 0 Å². The van der Waals surface area contributed by atoms with E-state index < -0.39 is 0 Å². The van der Waals surface area contributed by atoms with E-state index in [1.54, 1.807) is 25.4 Å². The molecule has 0 saturated heterocycles. The van der Waals surface area contributed by atoms with Gasteiger partial charge in [-0.2, -0.15) is 0 Å². The fourth-order valence-corrected chi connectivity index (χ4v) is 2.02. The highest BCUT2D eigenvalue weighted by atomic mass is 127. The van der Waals surface area contributed by atoms with E-state index >= 15 is 0 Å². The Morgan fingerprint density at radius 3 is 2.20 bits per heavy atom. The van der Waals surface area contributed by atoms with Gasteiger partial charge < -0.3 is 15.4 Å². The van der Waals surface area contributed by atoms with Crippen LogP contribution in [0.5, 0.6) is 5.88 Å². The molecule has 5 nitrogen and oxygen atoms in total. The van der Waals surface area contributed by atoms with Crippen LogP contribution in [0.15, 0.2) is 47.6 Å². The summed E-state index contributed by atoms with van der Waals surface area (Å²) in [4.78, 5) is 8.43. The number of hydrogen-bond acceptors (Lipinski definition) is 3. The summed E-state index contributed by atoms with van der Waals surface area (Å²) in [6.45, 7) is 5.10. The predicted octanol–water partition coefficient (Wildman–Crippen LogP) is 3.49. The highest BCUT2D eigenvalue weighted by Crippen LogP contribution is 2.09. The normalized spacial score (nSPS) is 11.0. The molecule has 1 aromatic heterocycles. The van der Waals surface area contributed by atoms with Gasteiger partial charge in [0.2, 0.25) is 5.88 Å². The van der Waals surface area contributed by atoms with E-state index in [9.17, 15) is 4.39 Å². The minimum atomic E-state index is -0.237. The maximum atomic E-state index is 12.9. The molecule has 136 valence electrons. The zero-order valence-electron chi connectivity index (χ0n) is 14.6. The highest BCUT2D eigenvalue weighted by Gasteiger charge is 2.02. The van der Waals surface area contributed by atoms with Gasteiger partial charge in [0.05, 0.1) is 6.10 Å². The number of aromatic nitrogens is 1. The van der Waals surface area contributed by atoms with Crippen molar-refractivity contribution >= 4 is 29.9 Å². The predicted molar refractivity (Wildman–Crippen MR) is 109 cm³/mol. The van der Waals surface area contributed by atoms with Gasteiger partial charge >= 0.3 is 0 Å². The van der Waals surface area contributed by atoms with Crippen molar-refractivity contribution in [1.29, 1.82) is 0 Å². The Bertz CT molecular complexity index is 660. The van der Waals surface area contributed by atoms with E-state index in [2.05, 4.69) is 20.6 Å². The van der Waals surface area contributed by atoms with Crippen LogP contribution in [0.25, 0.3) is 0 Å². The molecule has 1 aromatic carbocycles. The number of halogens is 2. The molecule has 0 amide bonds. The molecule has 0 fully saturated rings. The number of pyridine rings is 1. The molecule has 0 spiro atoms. The number of aliphatic imine (C=N–C) groups is 1. The zero-order valence-corrected chi connectivity index (χ0v) is 17.0. The molecule has 0 radical (unpaired) electrons. The smallest absolute Gasteiger partial charge is 0.213 e. The van der Waals surface area contributed by atoms with E-state index in [0.717, 1.165) is 11.1 Å². The van der Waals surface area contributed by atoms with Crippen molar-refractivity contribution in [3.8, 4) is 5.88 Å². The fraction of sp³-hybridized carbons (Fsp3) is 0.333. The largest absolute Gasteiger partial charge is 0.475 e. The van der Waals surface area contributed by atoms with Crippen LogP contribution < -0.4 is 15.4 Å². The quantitative estimate of drug-likeness (QED) is 0.396. The molecule has 0 aliphatic heterocycles. The first-order chi connectivity index (χ1) is 11.6. The SMILES string of the molecule is CN=C(NCc1ccc(F)cc1)NCc1ccc(OC(C)C)nc1.I. The van der Waals surface area contributed by atoms with Gasteiger partial charge in [-0.3, -0.25) is 4.99 Å². The second-order valence-corrected chi connectivity index (χ2v) is 5.58. The number of hydrogen-bond donors (Lipinski definition) is 2. The van der Waals surface area contributed by atoms with Crippen LogP contribution in [0.2, 0.25) is 0 Å². The summed E-state index contributed by atoms with van der Waals surface area (Å²) in [6, 6.07) is 10.2. The van der Waals surface area contributed by atoms with Gasteiger partial charge in [0.25, 0.3) is 0 Å². The van der Waals surface area contributed by atoms with E-state index in [-0.39, 0.29) is 35.9 Å². The standard InChI is InChI=1S/C18H23FN4O.HI/c1-13(2)24-17-9-6-15(11-21-17)12-23-18(20-3)22-10-14-4-7-16(19)8-5-14;/h4-9,11,13H,10,12H2,1-3H3,(H2,20,22,23);1H. The molecule has 0 atom stereocenters. The Hall–Kier alpha value is -1.90. The lowest BCUT2D eigenvalue weighted by atomic mass is 10.2. The lowest BCUT2D eigenvalue weighted by molar-refractivity contribution is 0.232. The fourth-order valence-electron chi connectivity index (χ4n) is 2.02. The van der Waals surface area contributed by atoms with Gasteiger partial charge in [0.1, 0.15) is 5.82 Å². The molecule has 0 aliphatic rings. The van der Waals surface area contributed by atoms with Crippen LogP contribution in [0, 0.1) is 5.82 Å². The van der Waals surface area contributed by atoms with Gasteiger partial charge in [0.15, 0.2) is 5.96 Å². The zero-order chi connectivity index (χ0) is 17.4. The van der Waals surface area contributed by atoms with E-state index in [1.807, 2.05) is 26.0 Å². The summed E-state index contributed by atoms with van der Waals surface area (Å²) in [6.07, 6.45) is 1.88. The molecule has 7 heteroatoms. The van der Waals surface area contributed by atoms with Crippen molar-refractivity contribution in [2.24, 2.45) is 4.99 Å². The molecule has 2 N–H and O–H groups in total. The van der Waals surface area contributed by atoms with E-state index in [1.165, 1.54) is 12.1 Å². The van der Waals surface area contributed by atoms with Gasteiger partial charge in [0, 0.05) is 32.4 Å². The summed E-state index contributed by atoms with van der Waals surface area (Å²) < 4.78 is 18.4. The molecule has 0 unspecified atom stereocenters. The second kappa shape index (κ2) is 10.9. The molecular formula is C18H24FIN4O. The van der Waals surface area contributed by atoms with Gasteiger partial charge in [-0.1, -0.05) is 18.2 Å². The molecule has 2 rings (SSSR count). The summed E-state index contributed by atoms with van der Waals surface area (Å²) in [7, 11) is 1.71. The van der Waals surface area contributed by atoms with Crippen molar-refractivity contribution in [2.45, 2.75) is 33.0 Å². The maximum Gasteiger partial charge on any atom is 0.213 e. The third-order valence-electron chi connectivity index (χ3n) is 3.21. The third-order valence-corrected chi connectivity index (χ3v) is 3.21. The Labute approximate surface area is 165 Å². The van der Waals surface area contributed by atoms with Crippen LogP contribution >= 0.6 is 24.0 Å². The minimum Gasteiger partial charge on any atom is -0.475 e. The van der Waals surface area contributed by atoms with Gasteiger partial charge in [-0.15, -0.1) is 24.0 Å². The molecule has 25 heavy (non-hydrogen) atoms. The molecule has 0 saturated carbocycles. The van der Waals surface area contributed by atoms with Gasteiger partial charge in [-0.25, -0.2) is 9.37 Å². The number of ether oxygens (including phenoxy) is 1. The van der Waals surface area contributed by atoms with Gasteiger partial charge in [-0.05, 0) is 37.1 Å². The highest BCUT2D eigenvalue weighted by molar-refractivity contribution is 14.0. The summed E-state index contributed by atoms with van der Waals surface area (Å²) >= 11 is 0. The number of benzene rings is 1. The van der Waals surface area contributed by atoms with Crippen LogP contribution in [0.3, 0.4) is 0 Å². The van der Waals surface area contributed by atoms with Crippen LogP contribution in [-0.2, 0) is 13.1 Å². The van der Waals surface area contributed by atoms with E-state index in [4.69, 9.17) is 4.74 Å². The molecule has 0 bridgehead atoms. The Kier molecular flexibility index (Phi) is 9.18. The van der Waals surface area contributed by atoms with Crippen molar-refractivity contribution in [2.75, 3.05) is 7.05 Å². The van der Waals surface area contributed by atoms with Crippen molar-refractivity contribution in [1.82, 2.24) is 15.6 Å². The lowest BCUT2D eigenvalue weighted by Crippen LogP contribution is -2.36. The topological polar surface area (TPSA) is 58.5 Å². The lowest BCUT2D eigenvalue weighted by Gasteiger charge is -2.12. The maximum absolute atomic E-state index is 12.9. The first kappa shape index (κ1) is 21.1. The Morgan fingerprint density at radius 2 is 1.68 bits per heavy atom. The molecule has 0 aliphatic carbocycles. The van der Waals surface area contributed by atoms with Crippen LogP contribution in [0.4, 0.5) is 4.39 Å². The summed E-state index contributed by atoms with van der Waals surface area (Å²) in [5.41, 5.74) is 2.01. The monoisotopic (exact) mass is 458 g/mol. The average molecular weight is 458 g/mol. The molecule has 1 heterocycles. The summed E-state index contributed by atoms with van der Waals surface area (Å²) in [5.74, 6) is 1.05. The number of rotatable bonds is 6. The second-order valence-electron chi connectivity index (χ2n) is 5.58. The Balaban J connectivity index is 0.00000312. The molecule has 2 aromatic rings. The first-order valence-corrected chi connectivity index (χ1v) is 7.87. The third kappa shape index (κ3) is 7.68. The number of nitrogens with zero attached hydrogens (tertiary/aromatic N) is 2. The number of guanidine groups is 1. The van der Waals surface area contributed by atoms with Crippen LogP contribution in [-0.4, -0.2) is 24.1 Å². The summed E-state index contributed by atoms with van der Waals surface area (Å²) in [5, 5.41) is 6.40. The minimum absolute atomic E-state index is 0. The average Bonchev–Trinajstić information content (AvgIpc) is 2.57. The van der Waals surface area contributed by atoms with E-state index in [0.29, 0.717) is 24.9 Å². The van der Waals surface area contributed by atoms with Crippen molar-refractivity contribution < 1.29 is 9.13 Å². The Morgan fingerprint density at radius 1 is 1.08 bits per heavy atom. The molecular weight excluding hydrogens is 434 g/mol. The van der Waals surface area contributed by atoms with Crippen LogP contribution in [0.1, 0.15) is 25.0 Å². The number of nitrogens with one attached hydrogen (secondary N) is 2. The first-order valence-electron chi connectivity index (χ1n) is 7.87. The van der Waals surface area contributed by atoms with Crippen molar-refractivity contribution in [3.05, 3.63) is 59.5 Å².